The average Bonchev–Trinajstić information content (AvgIpc) is 1.51. The lowest BCUT2D eigenvalue weighted by molar-refractivity contribution is 0.660. The van der Waals surface area contributed by atoms with Crippen molar-refractivity contribution < 1.29 is 0 Å². The molecule has 21 aromatic rings. The molecule has 562 valence electrons. The molecule has 1 unspecified atom stereocenters. The molecule has 0 saturated carbocycles. The molecule has 0 bridgehead atoms. The SMILES string of the molecule is CC1(C)c2ccccc2-c2ccc(-c3nc(-c4ccccc4)nc(-c4cccc(-c5ccc6c(c5)c5cccc7c5n6-c5ccccc5C75c6ccccc6-c6c(-c7ccc8c(c7)c7cccc9c7n8-c7c(-c8ccccc8-c8cc(-c%10ccccc%10)nc(-c%10ccccc%10)n8)cccc7C97c8ccccc8-c8ccccc87)cccc65)c4)n3)cc21. The summed E-state index contributed by atoms with van der Waals surface area (Å²) in [5.74, 6) is 2.58. The van der Waals surface area contributed by atoms with E-state index in [1.165, 1.54) is 133 Å². The molecule has 26 rings (SSSR count). The molecule has 3 aliphatic carbocycles. The van der Waals surface area contributed by atoms with Crippen molar-refractivity contribution in [2.45, 2.75) is 30.1 Å². The van der Waals surface area contributed by atoms with E-state index in [4.69, 9.17) is 24.9 Å². The largest absolute Gasteiger partial charge is 0.309 e. The van der Waals surface area contributed by atoms with Crippen molar-refractivity contribution in [2.24, 2.45) is 0 Å². The van der Waals surface area contributed by atoms with Gasteiger partial charge in [-0.2, -0.15) is 0 Å². The molecule has 5 aliphatic rings. The van der Waals surface area contributed by atoms with Crippen molar-refractivity contribution in [1.82, 2.24) is 34.1 Å². The highest BCUT2D eigenvalue weighted by molar-refractivity contribution is 6.17. The lowest BCUT2D eigenvalue weighted by Crippen LogP contribution is -2.33. The van der Waals surface area contributed by atoms with Crippen LogP contribution in [0.1, 0.15) is 69.5 Å². The molecule has 121 heavy (non-hydrogen) atoms. The van der Waals surface area contributed by atoms with E-state index in [1.807, 2.05) is 24.3 Å². The fourth-order valence-electron chi connectivity index (χ4n) is 22.1. The van der Waals surface area contributed by atoms with Crippen molar-refractivity contribution in [3.05, 3.63) is 450 Å². The van der Waals surface area contributed by atoms with Crippen LogP contribution in [-0.4, -0.2) is 34.1 Å². The summed E-state index contributed by atoms with van der Waals surface area (Å²) in [5, 5.41) is 4.79. The Morgan fingerprint density at radius 1 is 0.207 bits per heavy atom. The van der Waals surface area contributed by atoms with Gasteiger partial charge in [-0.3, -0.25) is 0 Å². The van der Waals surface area contributed by atoms with Gasteiger partial charge in [0, 0.05) is 65.9 Å². The molecule has 0 saturated heterocycles. The summed E-state index contributed by atoms with van der Waals surface area (Å²) < 4.78 is 5.19. The zero-order chi connectivity index (χ0) is 79.6. The van der Waals surface area contributed by atoms with Crippen molar-refractivity contribution in [1.29, 1.82) is 0 Å². The molecular weight excluding hydrogens is 1470 g/mol. The van der Waals surface area contributed by atoms with Gasteiger partial charge in [0.25, 0.3) is 0 Å². The van der Waals surface area contributed by atoms with Crippen LogP contribution in [0.15, 0.2) is 394 Å². The minimum Gasteiger partial charge on any atom is -0.309 e. The summed E-state index contributed by atoms with van der Waals surface area (Å²) in [7, 11) is 0. The van der Waals surface area contributed by atoms with E-state index in [9.17, 15) is 0 Å². The summed E-state index contributed by atoms with van der Waals surface area (Å²) in [5.41, 5.74) is 40.1. The van der Waals surface area contributed by atoms with Crippen LogP contribution in [0.3, 0.4) is 0 Å². The Morgan fingerprint density at radius 3 is 1.28 bits per heavy atom. The Bertz CT molecular complexity index is 7960. The van der Waals surface area contributed by atoms with Crippen LogP contribution in [0, 0.1) is 0 Å². The third-order valence-corrected chi connectivity index (χ3v) is 27.2. The van der Waals surface area contributed by atoms with Gasteiger partial charge >= 0.3 is 0 Å². The minimum atomic E-state index is -0.688. The summed E-state index contributed by atoms with van der Waals surface area (Å²) in [4.78, 5) is 26.6. The lowest BCUT2D eigenvalue weighted by atomic mass is 9.65. The second-order valence-electron chi connectivity index (χ2n) is 33.5. The molecule has 17 aromatic carbocycles. The van der Waals surface area contributed by atoms with E-state index in [1.54, 1.807) is 0 Å². The Balaban J connectivity index is 0.637. The molecule has 6 heterocycles. The fourth-order valence-corrected chi connectivity index (χ4v) is 22.1. The first-order chi connectivity index (χ1) is 59.8. The first kappa shape index (κ1) is 67.6. The number of rotatable bonds is 9. The molecule has 2 spiro atoms. The van der Waals surface area contributed by atoms with E-state index in [-0.39, 0.29) is 5.41 Å². The van der Waals surface area contributed by atoms with E-state index in [0.29, 0.717) is 23.3 Å². The third-order valence-electron chi connectivity index (χ3n) is 27.2. The molecular formula is C114H71N7. The number of benzene rings is 17. The molecule has 0 radical (unpaired) electrons. The van der Waals surface area contributed by atoms with Crippen molar-refractivity contribution >= 4 is 43.6 Å². The normalized spacial score (nSPS) is 14.7. The predicted molar refractivity (Wildman–Crippen MR) is 492 cm³/mol. The van der Waals surface area contributed by atoms with Crippen LogP contribution in [0.2, 0.25) is 0 Å². The highest BCUT2D eigenvalue weighted by atomic mass is 15.0. The van der Waals surface area contributed by atoms with Crippen LogP contribution in [-0.2, 0) is 16.2 Å². The van der Waals surface area contributed by atoms with E-state index >= 15 is 0 Å². The molecule has 1 atom stereocenters. The van der Waals surface area contributed by atoms with Crippen molar-refractivity contribution in [2.75, 3.05) is 0 Å². The van der Waals surface area contributed by atoms with Gasteiger partial charge in [-0.05, 0) is 165 Å². The van der Waals surface area contributed by atoms with Gasteiger partial charge in [0.05, 0.1) is 55.7 Å². The molecule has 7 heteroatoms. The van der Waals surface area contributed by atoms with E-state index in [2.05, 4.69) is 393 Å². The quantitative estimate of drug-likeness (QED) is 0.144. The molecule has 7 nitrogen and oxygen atoms in total. The van der Waals surface area contributed by atoms with Crippen LogP contribution < -0.4 is 0 Å². The Labute approximate surface area is 699 Å². The summed E-state index contributed by atoms with van der Waals surface area (Å²) >= 11 is 0. The first-order valence-corrected chi connectivity index (χ1v) is 41.9. The standard InChI is InChI=1S/C114H71N7/c1-112(2)89-47-18-14-38-78(89)81-60-57-75(66-98(81)112)111-118-109(70-33-10-5-11-34-70)117-110(119-111)74-36-24-35-71(63-74)72-58-61-101-87(64-72)84-45-27-53-95-105(84)120(101)103-56-23-22-51-93(103)114(95)92-50-21-17-42-86(92)104-76(43-25-52-94(104)114)73-59-62-102-88(65-73)85-46-28-55-97-107(85)121(102)106-83(44-26-54-96(106)113(97)90-48-19-15-39-79(90)80-40-16-20-49-91(80)113)77-37-12-13-41-82(77)100-67-99(68-29-6-3-7-30-68)115-108(116-100)69-31-8-4-9-32-69/h3-67H,1-2H3. The molecule has 0 fully saturated rings. The Morgan fingerprint density at radius 2 is 0.612 bits per heavy atom. The molecule has 2 aliphatic heterocycles. The van der Waals surface area contributed by atoms with Gasteiger partial charge in [0.15, 0.2) is 23.3 Å². The van der Waals surface area contributed by atoms with Gasteiger partial charge in [-0.25, -0.2) is 24.9 Å². The maximum atomic E-state index is 5.51. The summed E-state index contributed by atoms with van der Waals surface area (Å²) in [6.45, 7) is 4.64. The van der Waals surface area contributed by atoms with Crippen LogP contribution in [0.5, 0.6) is 0 Å². The summed E-state index contributed by atoms with van der Waals surface area (Å²) in [6, 6.07) is 146. The second-order valence-corrected chi connectivity index (χ2v) is 33.5. The molecule has 0 amide bonds. The number of fused-ring (bicyclic) bond motifs is 27. The van der Waals surface area contributed by atoms with E-state index in [0.717, 1.165) is 89.3 Å². The first-order valence-electron chi connectivity index (χ1n) is 41.9. The van der Waals surface area contributed by atoms with Gasteiger partial charge in [0.1, 0.15) is 0 Å². The lowest BCUT2D eigenvalue weighted by Gasteiger charge is -2.40. The third kappa shape index (κ3) is 9.29. The number of nitrogens with zero attached hydrogens (tertiary/aromatic N) is 7. The highest BCUT2D eigenvalue weighted by Gasteiger charge is 2.54. The molecule has 4 aromatic heterocycles. The summed E-state index contributed by atoms with van der Waals surface area (Å²) in [6.07, 6.45) is 0. The maximum absolute atomic E-state index is 5.51. The van der Waals surface area contributed by atoms with Gasteiger partial charge < -0.3 is 9.13 Å². The second kappa shape index (κ2) is 25.2. The zero-order valence-electron chi connectivity index (χ0n) is 66.2. The number of hydrogen-bond donors (Lipinski definition) is 0. The predicted octanol–water partition coefficient (Wildman–Crippen LogP) is 27.5. The van der Waals surface area contributed by atoms with Crippen LogP contribution >= 0.6 is 0 Å². The van der Waals surface area contributed by atoms with Crippen molar-refractivity contribution in [3.63, 3.8) is 0 Å². The Kier molecular flexibility index (Phi) is 14.1. The topological polar surface area (TPSA) is 74.3 Å². The smallest absolute Gasteiger partial charge is 0.164 e. The number of para-hydroxylation sites is 4. The van der Waals surface area contributed by atoms with Crippen LogP contribution in [0.25, 0.3) is 190 Å². The fraction of sp³-hybridized carbons (Fsp3) is 0.0439. The van der Waals surface area contributed by atoms with E-state index < -0.39 is 10.8 Å². The Hall–Kier alpha value is -15.6. The average molecular weight is 1540 g/mol. The minimum absolute atomic E-state index is 0.182. The number of hydrogen-bond acceptors (Lipinski definition) is 5. The van der Waals surface area contributed by atoms with Crippen LogP contribution in [0.4, 0.5) is 0 Å². The van der Waals surface area contributed by atoms with Gasteiger partial charge in [-0.15, -0.1) is 0 Å². The number of aromatic nitrogens is 7. The monoisotopic (exact) mass is 1540 g/mol. The van der Waals surface area contributed by atoms with Gasteiger partial charge in [-0.1, -0.05) is 360 Å². The highest BCUT2D eigenvalue weighted by Crippen LogP contribution is 2.66. The van der Waals surface area contributed by atoms with Gasteiger partial charge in [0.2, 0.25) is 0 Å². The van der Waals surface area contributed by atoms with Crippen molar-refractivity contribution in [3.8, 4) is 146 Å². The zero-order valence-corrected chi connectivity index (χ0v) is 66.2. The maximum Gasteiger partial charge on any atom is 0.164 e. The molecule has 0 N–H and O–H groups in total.